The summed E-state index contributed by atoms with van der Waals surface area (Å²) >= 11 is 0. The van der Waals surface area contributed by atoms with Crippen LogP contribution < -0.4 is 10.6 Å². The predicted octanol–water partition coefficient (Wildman–Crippen LogP) is 3.70. The number of amides is 2. The lowest BCUT2D eigenvalue weighted by atomic mass is 10.2. The van der Waals surface area contributed by atoms with E-state index >= 15 is 0 Å². The number of guanidine groups is 1. The first kappa shape index (κ1) is 22.9. The monoisotopic (exact) mass is 393 g/mol. The van der Waals surface area contributed by atoms with E-state index in [0.717, 1.165) is 0 Å². The third kappa shape index (κ3) is 9.02. The Morgan fingerprint density at radius 3 is 1.89 bits per heavy atom. The lowest BCUT2D eigenvalue weighted by molar-refractivity contribution is 0.0559. The van der Waals surface area contributed by atoms with Gasteiger partial charge in [-0.3, -0.25) is 5.32 Å². The molecule has 0 heterocycles. The van der Waals surface area contributed by atoms with E-state index in [1.165, 1.54) is 19.2 Å². The number of hydrogen-bond donors (Lipinski definition) is 2. The Balaban J connectivity index is 3.01. The standard InChI is InChI=1S/C19H27N3O6/c1-18(2,3)27-16(24)21-15(22-17(25)28-19(4,5)6)20-13-10-8-12(9-11-13)14(23)26-7/h8-11H,1-7H3,(H2,20,21,22,24,25). The molecule has 0 unspecified atom stereocenters. The van der Waals surface area contributed by atoms with E-state index in [1.54, 1.807) is 53.7 Å². The summed E-state index contributed by atoms with van der Waals surface area (Å²) in [4.78, 5) is 39.3. The van der Waals surface area contributed by atoms with Gasteiger partial charge in [-0.25, -0.2) is 14.4 Å². The maximum Gasteiger partial charge on any atom is 0.437 e. The maximum absolute atomic E-state index is 12.0. The van der Waals surface area contributed by atoms with Gasteiger partial charge in [0.05, 0.1) is 12.7 Å². The molecule has 0 fully saturated rings. The molecule has 0 aliphatic rings. The molecular weight excluding hydrogens is 366 g/mol. The van der Waals surface area contributed by atoms with E-state index in [2.05, 4.69) is 20.4 Å². The van der Waals surface area contributed by atoms with Crippen LogP contribution in [0.2, 0.25) is 0 Å². The number of esters is 1. The van der Waals surface area contributed by atoms with Crippen molar-refractivity contribution in [1.82, 2.24) is 5.32 Å². The molecule has 9 heteroatoms. The zero-order valence-electron chi connectivity index (χ0n) is 17.2. The van der Waals surface area contributed by atoms with Crippen LogP contribution in [0.15, 0.2) is 29.3 Å². The van der Waals surface area contributed by atoms with E-state index in [0.29, 0.717) is 11.3 Å². The molecule has 1 rings (SSSR count). The number of ether oxygens (including phenoxy) is 3. The largest absolute Gasteiger partial charge is 0.465 e. The highest BCUT2D eigenvalue weighted by Crippen LogP contribution is 2.12. The van der Waals surface area contributed by atoms with Gasteiger partial charge in [0.25, 0.3) is 0 Å². The molecule has 0 aliphatic heterocycles. The summed E-state index contributed by atoms with van der Waals surface area (Å²) in [6.45, 7) is 10.2. The number of nitrogens with one attached hydrogen (secondary N) is 2. The van der Waals surface area contributed by atoms with Gasteiger partial charge >= 0.3 is 18.2 Å². The highest BCUT2D eigenvalue weighted by molar-refractivity contribution is 6.06. The quantitative estimate of drug-likeness (QED) is 0.341. The molecule has 1 aromatic rings. The summed E-state index contributed by atoms with van der Waals surface area (Å²) in [5.41, 5.74) is -0.673. The van der Waals surface area contributed by atoms with Crippen LogP contribution in [0.25, 0.3) is 0 Å². The molecule has 0 atom stereocenters. The van der Waals surface area contributed by atoms with Crippen molar-refractivity contribution >= 4 is 29.8 Å². The molecule has 0 saturated carbocycles. The molecule has 154 valence electrons. The number of aliphatic imine (C=N–C) groups is 1. The number of anilines is 1. The van der Waals surface area contributed by atoms with Crippen molar-refractivity contribution in [3.05, 3.63) is 29.8 Å². The summed E-state index contributed by atoms with van der Waals surface area (Å²) in [7, 11) is 1.28. The van der Waals surface area contributed by atoms with Crippen LogP contribution in [0.1, 0.15) is 51.9 Å². The van der Waals surface area contributed by atoms with Gasteiger partial charge in [-0.1, -0.05) is 0 Å². The van der Waals surface area contributed by atoms with Crippen LogP contribution in [-0.2, 0) is 14.2 Å². The molecule has 0 spiro atoms. The summed E-state index contributed by atoms with van der Waals surface area (Å²) in [5.74, 6) is -0.671. The molecular formula is C19H27N3O6. The van der Waals surface area contributed by atoms with E-state index in [9.17, 15) is 14.4 Å². The highest BCUT2D eigenvalue weighted by Gasteiger charge is 2.20. The number of carbonyl (C=O) groups is 3. The van der Waals surface area contributed by atoms with Gasteiger partial charge in [0.2, 0.25) is 5.96 Å². The molecule has 9 nitrogen and oxygen atoms in total. The highest BCUT2D eigenvalue weighted by atomic mass is 16.6. The number of alkyl carbamates (subject to hydrolysis) is 1. The average Bonchev–Trinajstić information content (AvgIpc) is 2.50. The van der Waals surface area contributed by atoms with Crippen LogP contribution in [-0.4, -0.2) is 42.4 Å². The van der Waals surface area contributed by atoms with Crippen LogP contribution >= 0.6 is 0 Å². The Morgan fingerprint density at radius 1 is 0.893 bits per heavy atom. The van der Waals surface area contributed by atoms with E-state index in [4.69, 9.17) is 9.47 Å². The molecule has 0 aromatic heterocycles. The third-order valence-corrected chi connectivity index (χ3v) is 2.78. The summed E-state index contributed by atoms with van der Waals surface area (Å²) < 4.78 is 14.9. The second-order valence-corrected chi connectivity index (χ2v) is 7.76. The summed E-state index contributed by atoms with van der Waals surface area (Å²) in [6.07, 6.45) is -1.69. The van der Waals surface area contributed by atoms with E-state index in [1.807, 2.05) is 0 Å². The maximum atomic E-state index is 12.0. The topological polar surface area (TPSA) is 115 Å². The Labute approximate surface area is 164 Å². The molecule has 0 saturated heterocycles. The Bertz CT molecular complexity index is 742. The second-order valence-electron chi connectivity index (χ2n) is 7.76. The van der Waals surface area contributed by atoms with Crippen molar-refractivity contribution in [3.8, 4) is 0 Å². The zero-order chi connectivity index (χ0) is 21.5. The van der Waals surface area contributed by atoms with Crippen molar-refractivity contribution in [2.75, 3.05) is 12.4 Å². The van der Waals surface area contributed by atoms with Crippen LogP contribution in [0, 0.1) is 0 Å². The fraction of sp³-hybridized carbons (Fsp3) is 0.474. The minimum Gasteiger partial charge on any atom is -0.465 e. The van der Waals surface area contributed by atoms with Gasteiger partial charge in [0.1, 0.15) is 11.2 Å². The van der Waals surface area contributed by atoms with E-state index in [-0.39, 0.29) is 5.96 Å². The van der Waals surface area contributed by atoms with Gasteiger partial charge in [-0.2, -0.15) is 0 Å². The van der Waals surface area contributed by atoms with Gasteiger partial charge in [0, 0.05) is 5.69 Å². The molecule has 28 heavy (non-hydrogen) atoms. The number of nitrogens with zero attached hydrogens (tertiary/aromatic N) is 1. The SMILES string of the molecule is COC(=O)c1ccc(N/C(=N\C(=O)OC(C)(C)C)NC(=O)OC(C)(C)C)cc1. The van der Waals surface area contributed by atoms with Gasteiger partial charge in [-0.05, 0) is 65.8 Å². The van der Waals surface area contributed by atoms with Crippen LogP contribution in [0.3, 0.4) is 0 Å². The van der Waals surface area contributed by atoms with Crippen molar-refractivity contribution in [2.45, 2.75) is 52.7 Å². The number of benzene rings is 1. The third-order valence-electron chi connectivity index (χ3n) is 2.78. The zero-order valence-corrected chi connectivity index (χ0v) is 17.2. The minimum atomic E-state index is -0.891. The Morgan fingerprint density at radius 2 is 1.43 bits per heavy atom. The van der Waals surface area contributed by atoms with Crippen molar-refractivity contribution in [3.63, 3.8) is 0 Å². The molecule has 2 amide bonds. The van der Waals surface area contributed by atoms with Crippen molar-refractivity contribution in [2.24, 2.45) is 4.99 Å². The number of hydrogen-bond acceptors (Lipinski definition) is 6. The first-order valence-electron chi connectivity index (χ1n) is 8.56. The molecule has 0 radical (unpaired) electrons. The van der Waals surface area contributed by atoms with Crippen molar-refractivity contribution < 1.29 is 28.6 Å². The van der Waals surface area contributed by atoms with E-state index < -0.39 is 29.4 Å². The number of rotatable bonds is 2. The normalized spacial score (nSPS) is 12.0. The van der Waals surface area contributed by atoms with Crippen LogP contribution in [0.4, 0.5) is 15.3 Å². The van der Waals surface area contributed by atoms with Crippen LogP contribution in [0.5, 0.6) is 0 Å². The number of carbonyl (C=O) groups excluding carboxylic acids is 3. The summed E-state index contributed by atoms with van der Waals surface area (Å²) in [6, 6.07) is 6.17. The number of methoxy groups -OCH3 is 1. The molecule has 0 bridgehead atoms. The fourth-order valence-electron chi connectivity index (χ4n) is 1.81. The van der Waals surface area contributed by atoms with Gasteiger partial charge < -0.3 is 19.5 Å². The average molecular weight is 393 g/mol. The summed E-state index contributed by atoms with van der Waals surface area (Å²) in [5, 5.41) is 5.15. The fourth-order valence-corrected chi connectivity index (χ4v) is 1.81. The Hall–Kier alpha value is -3.10. The lowest BCUT2D eigenvalue weighted by Crippen LogP contribution is -2.40. The van der Waals surface area contributed by atoms with Gasteiger partial charge in [-0.15, -0.1) is 4.99 Å². The predicted molar refractivity (Wildman–Crippen MR) is 104 cm³/mol. The van der Waals surface area contributed by atoms with Gasteiger partial charge in [0.15, 0.2) is 0 Å². The van der Waals surface area contributed by atoms with Crippen molar-refractivity contribution in [1.29, 1.82) is 0 Å². The molecule has 2 N–H and O–H groups in total. The first-order valence-corrected chi connectivity index (χ1v) is 8.56. The molecule has 1 aromatic carbocycles. The molecule has 0 aliphatic carbocycles. The lowest BCUT2D eigenvalue weighted by Gasteiger charge is -2.21. The minimum absolute atomic E-state index is 0.186. The smallest absolute Gasteiger partial charge is 0.437 e. The Kier molecular flexibility index (Phi) is 7.54. The first-order chi connectivity index (χ1) is 12.8. The second kappa shape index (κ2) is 9.20.